The van der Waals surface area contributed by atoms with Crippen LogP contribution in [0.25, 0.3) is 0 Å². The Bertz CT molecular complexity index is 529. The number of ether oxygens (including phenoxy) is 3. The maximum absolute atomic E-state index is 13.1. The van der Waals surface area contributed by atoms with Crippen molar-refractivity contribution in [1.29, 1.82) is 0 Å². The van der Waals surface area contributed by atoms with Crippen LogP contribution in [-0.4, -0.2) is 49.0 Å². The smallest absolute Gasteiger partial charge is 0.316 e. The average Bonchev–Trinajstić information content (AvgIpc) is 2.50. The second kappa shape index (κ2) is 8.25. The molecule has 0 aliphatic rings. The third kappa shape index (κ3) is 5.71. The molecule has 0 amide bonds. The van der Waals surface area contributed by atoms with Gasteiger partial charge in [-0.3, -0.25) is 9.47 Å². The van der Waals surface area contributed by atoms with Gasteiger partial charge >= 0.3 is 36.4 Å². The highest BCUT2D eigenvalue weighted by Gasteiger charge is 2.76. The zero-order chi connectivity index (χ0) is 23.7. The summed E-state index contributed by atoms with van der Waals surface area (Å²) in [4.78, 5) is 0. The summed E-state index contributed by atoms with van der Waals surface area (Å²) in [5.41, 5.74) is 0. The minimum absolute atomic E-state index is 0.153. The maximum atomic E-state index is 13.1. The van der Waals surface area contributed by atoms with Gasteiger partial charge in [0.05, 0.1) is 0 Å². The van der Waals surface area contributed by atoms with E-state index < -0.39 is 49.0 Å². The Morgan fingerprint density at radius 1 is 0.517 bits per heavy atom. The number of hydrogen-bond acceptors (Lipinski definition) is 3. The molecule has 172 valence electrons. The standard InChI is InChI=1S/C12H8F14O3/c1-3-5(28-11(23,24)7(13,14)9(17,18)19)27-6(4-2)29-12(25,26)8(15,16)10(20,21)22/h3-6H,1-2H2. The summed E-state index contributed by atoms with van der Waals surface area (Å²) >= 11 is 0. The summed E-state index contributed by atoms with van der Waals surface area (Å²) in [7, 11) is 0. The van der Waals surface area contributed by atoms with Gasteiger partial charge in [0.1, 0.15) is 0 Å². The molecule has 0 saturated heterocycles. The Labute approximate surface area is 151 Å². The van der Waals surface area contributed by atoms with Crippen LogP contribution in [0.3, 0.4) is 0 Å². The number of alkyl halides is 14. The van der Waals surface area contributed by atoms with Crippen LogP contribution in [0.2, 0.25) is 0 Å². The zero-order valence-electron chi connectivity index (χ0n) is 13.2. The molecule has 0 fully saturated rings. The van der Waals surface area contributed by atoms with Crippen LogP contribution in [0, 0.1) is 0 Å². The Morgan fingerprint density at radius 3 is 0.931 bits per heavy atom. The van der Waals surface area contributed by atoms with E-state index in [1.165, 1.54) is 0 Å². The van der Waals surface area contributed by atoms with Crippen molar-refractivity contribution >= 4 is 0 Å². The summed E-state index contributed by atoms with van der Waals surface area (Å²) in [5, 5.41) is 0. The van der Waals surface area contributed by atoms with Crippen LogP contribution in [0.1, 0.15) is 0 Å². The van der Waals surface area contributed by atoms with Crippen molar-refractivity contribution in [2.24, 2.45) is 0 Å². The second-order valence-corrected chi connectivity index (χ2v) is 4.76. The fourth-order valence-corrected chi connectivity index (χ4v) is 1.16. The highest BCUT2D eigenvalue weighted by atomic mass is 19.4. The van der Waals surface area contributed by atoms with E-state index in [2.05, 4.69) is 27.4 Å². The summed E-state index contributed by atoms with van der Waals surface area (Å²) in [6.07, 6.45) is -33.3. The van der Waals surface area contributed by atoms with Crippen molar-refractivity contribution in [2.75, 3.05) is 0 Å². The molecule has 0 rings (SSSR count). The lowest BCUT2D eigenvalue weighted by atomic mass is 10.3. The molecule has 2 atom stereocenters. The molecule has 0 heterocycles. The lowest BCUT2D eigenvalue weighted by Gasteiger charge is -2.32. The molecule has 2 unspecified atom stereocenters. The minimum atomic E-state index is -6.88. The van der Waals surface area contributed by atoms with Gasteiger partial charge in [0.2, 0.25) is 0 Å². The third-order valence-corrected chi connectivity index (χ3v) is 2.62. The highest BCUT2D eigenvalue weighted by Crippen LogP contribution is 2.49. The predicted molar refractivity (Wildman–Crippen MR) is 63.1 cm³/mol. The van der Waals surface area contributed by atoms with E-state index >= 15 is 0 Å². The molecule has 0 aliphatic carbocycles. The normalized spacial score (nSPS) is 17.0. The molecule has 3 nitrogen and oxygen atoms in total. The molecular formula is C12H8F14O3. The SMILES string of the molecule is C=CC(OC(C=C)OC(F)(F)C(F)(F)C(F)(F)F)OC(F)(F)C(F)(F)C(F)(F)F. The van der Waals surface area contributed by atoms with Gasteiger partial charge in [0.15, 0.2) is 12.6 Å². The molecule has 0 aliphatic heterocycles. The Hall–Kier alpha value is -1.62. The fraction of sp³-hybridized carbons (Fsp3) is 0.667. The van der Waals surface area contributed by atoms with E-state index in [9.17, 15) is 61.5 Å². The molecule has 29 heavy (non-hydrogen) atoms. The van der Waals surface area contributed by atoms with Crippen LogP contribution in [-0.2, 0) is 14.2 Å². The molecule has 0 aromatic heterocycles. The Balaban J connectivity index is 5.53. The Kier molecular flexibility index (Phi) is 7.79. The van der Waals surface area contributed by atoms with Crippen LogP contribution < -0.4 is 0 Å². The van der Waals surface area contributed by atoms with Crippen molar-refractivity contribution in [3.05, 3.63) is 25.3 Å². The van der Waals surface area contributed by atoms with Gasteiger partial charge < -0.3 is 4.74 Å². The van der Waals surface area contributed by atoms with Crippen LogP contribution in [0.15, 0.2) is 25.3 Å². The van der Waals surface area contributed by atoms with E-state index in [-0.39, 0.29) is 12.2 Å². The number of halogens is 14. The lowest BCUT2D eigenvalue weighted by Crippen LogP contribution is -2.56. The zero-order valence-corrected chi connectivity index (χ0v) is 13.2. The largest absolute Gasteiger partial charge is 0.462 e. The summed E-state index contributed by atoms with van der Waals surface area (Å²) in [6, 6.07) is 0. The first-order chi connectivity index (χ1) is 12.6. The molecular weight excluding hydrogens is 458 g/mol. The first kappa shape index (κ1) is 27.4. The van der Waals surface area contributed by atoms with Crippen molar-refractivity contribution in [3.8, 4) is 0 Å². The summed E-state index contributed by atoms with van der Waals surface area (Å²) in [6.45, 7) is 5.09. The van der Waals surface area contributed by atoms with Crippen molar-refractivity contribution in [2.45, 2.75) is 49.0 Å². The maximum Gasteiger partial charge on any atom is 0.462 e. The van der Waals surface area contributed by atoms with E-state index in [1.54, 1.807) is 0 Å². The molecule has 0 aromatic rings. The van der Waals surface area contributed by atoms with Gasteiger partial charge in [-0.2, -0.15) is 61.5 Å². The van der Waals surface area contributed by atoms with Gasteiger partial charge in [-0.1, -0.05) is 13.2 Å². The summed E-state index contributed by atoms with van der Waals surface area (Å²) < 4.78 is 185. The average molecular weight is 466 g/mol. The van der Waals surface area contributed by atoms with Crippen LogP contribution >= 0.6 is 0 Å². The monoisotopic (exact) mass is 466 g/mol. The molecule has 0 spiro atoms. The van der Waals surface area contributed by atoms with E-state index in [4.69, 9.17) is 0 Å². The van der Waals surface area contributed by atoms with Crippen molar-refractivity contribution < 1.29 is 75.7 Å². The van der Waals surface area contributed by atoms with Crippen LogP contribution in [0.4, 0.5) is 61.5 Å². The van der Waals surface area contributed by atoms with Gasteiger partial charge in [-0.05, 0) is 12.2 Å². The number of hydrogen-bond donors (Lipinski definition) is 0. The van der Waals surface area contributed by atoms with Gasteiger partial charge in [0.25, 0.3) is 0 Å². The fourth-order valence-electron chi connectivity index (χ4n) is 1.16. The topological polar surface area (TPSA) is 27.7 Å². The molecule has 17 heteroatoms. The Morgan fingerprint density at radius 2 is 0.759 bits per heavy atom. The van der Waals surface area contributed by atoms with E-state index in [0.717, 1.165) is 0 Å². The van der Waals surface area contributed by atoms with Gasteiger partial charge in [-0.25, -0.2) is 0 Å². The second-order valence-electron chi connectivity index (χ2n) is 4.76. The quantitative estimate of drug-likeness (QED) is 0.237. The third-order valence-electron chi connectivity index (χ3n) is 2.62. The first-order valence-electron chi connectivity index (χ1n) is 6.48. The lowest BCUT2D eigenvalue weighted by molar-refractivity contribution is -0.464. The molecule has 0 N–H and O–H groups in total. The first-order valence-corrected chi connectivity index (χ1v) is 6.48. The molecule has 0 aromatic carbocycles. The highest BCUT2D eigenvalue weighted by molar-refractivity contribution is 4.89. The summed E-state index contributed by atoms with van der Waals surface area (Å²) in [5.74, 6) is -13.7. The van der Waals surface area contributed by atoms with E-state index in [0.29, 0.717) is 0 Å². The van der Waals surface area contributed by atoms with Gasteiger partial charge in [0, 0.05) is 0 Å². The van der Waals surface area contributed by atoms with Crippen LogP contribution in [0.5, 0.6) is 0 Å². The van der Waals surface area contributed by atoms with Crippen molar-refractivity contribution in [3.63, 3.8) is 0 Å². The molecule has 0 radical (unpaired) electrons. The van der Waals surface area contributed by atoms with Gasteiger partial charge in [-0.15, -0.1) is 0 Å². The van der Waals surface area contributed by atoms with E-state index in [1.807, 2.05) is 0 Å². The molecule has 0 bridgehead atoms. The predicted octanol–water partition coefficient (Wildman–Crippen LogP) is 5.64. The van der Waals surface area contributed by atoms with Crippen molar-refractivity contribution in [1.82, 2.24) is 0 Å². The number of rotatable bonds is 10. The minimum Gasteiger partial charge on any atom is -0.316 e. The molecule has 0 saturated carbocycles.